The summed E-state index contributed by atoms with van der Waals surface area (Å²) in [4.78, 5) is 15.4. The summed E-state index contributed by atoms with van der Waals surface area (Å²) in [5, 5.41) is 21.1. The molecule has 5 heteroatoms. The summed E-state index contributed by atoms with van der Waals surface area (Å²) in [6, 6.07) is 11.5. The second kappa shape index (κ2) is 6.06. The minimum Gasteiger partial charge on any atom is -0.457 e. The topological polar surface area (TPSA) is 70.0 Å². The number of hydrogen-bond donors (Lipinski definition) is 2. The van der Waals surface area contributed by atoms with Crippen LogP contribution in [0.15, 0.2) is 36.4 Å². The zero-order valence-electron chi connectivity index (χ0n) is 16.2. The molecule has 5 rings (SSSR count). The van der Waals surface area contributed by atoms with Crippen LogP contribution in [-0.2, 0) is 5.79 Å². The van der Waals surface area contributed by atoms with E-state index >= 15 is 0 Å². The Bertz CT molecular complexity index is 961. The smallest absolute Gasteiger partial charge is 0.250 e. The van der Waals surface area contributed by atoms with Crippen LogP contribution >= 0.6 is 0 Å². The molecule has 0 radical (unpaired) electrons. The number of Topliss-reactive ketones (excluding diaryl/α,β-unsaturated/α-hetero) is 1. The first-order valence-corrected chi connectivity index (χ1v) is 10.1. The van der Waals surface area contributed by atoms with E-state index < -0.39 is 11.7 Å². The molecule has 1 saturated heterocycles. The average molecular weight is 379 g/mol. The Morgan fingerprint density at radius 1 is 1.14 bits per heavy atom. The van der Waals surface area contributed by atoms with Gasteiger partial charge in [0.15, 0.2) is 5.78 Å². The first-order valence-electron chi connectivity index (χ1n) is 10.1. The number of carbonyl (C=O) groups is 1. The van der Waals surface area contributed by atoms with Gasteiger partial charge in [0.05, 0.1) is 6.10 Å². The van der Waals surface area contributed by atoms with Crippen molar-refractivity contribution in [3.05, 3.63) is 58.7 Å². The minimum atomic E-state index is -1.62. The van der Waals surface area contributed by atoms with Crippen molar-refractivity contribution in [2.45, 2.75) is 50.4 Å². The number of rotatable bonds is 2. The van der Waals surface area contributed by atoms with Gasteiger partial charge in [-0.25, -0.2) is 0 Å². The monoisotopic (exact) mass is 379 g/mol. The standard InChI is InChI=1S/C23H25NO4/c1-13(2)14-3-5-17-20(11-14)28-23(27)19-6-4-15(12-18(19)22(26)21(17)23)24-9-7-16(25)8-10-24/h3-6,11-13,16,21,25,27H,7-10H2,1-2H3. The van der Waals surface area contributed by atoms with Crippen LogP contribution in [0.1, 0.15) is 65.6 Å². The van der Waals surface area contributed by atoms with Gasteiger partial charge in [-0.05, 0) is 48.6 Å². The van der Waals surface area contributed by atoms with E-state index in [0.717, 1.165) is 42.7 Å². The summed E-state index contributed by atoms with van der Waals surface area (Å²) in [6.45, 7) is 5.74. The lowest BCUT2D eigenvalue weighted by molar-refractivity contribution is -0.134. The molecule has 28 heavy (non-hydrogen) atoms. The fourth-order valence-electron chi connectivity index (χ4n) is 4.73. The van der Waals surface area contributed by atoms with Crippen LogP contribution in [0, 0.1) is 0 Å². The van der Waals surface area contributed by atoms with Crippen molar-refractivity contribution in [1.82, 2.24) is 0 Å². The van der Waals surface area contributed by atoms with Crippen molar-refractivity contribution in [3.8, 4) is 5.75 Å². The van der Waals surface area contributed by atoms with Gasteiger partial charge in [-0.3, -0.25) is 4.79 Å². The van der Waals surface area contributed by atoms with Crippen LogP contribution in [-0.4, -0.2) is 35.2 Å². The van der Waals surface area contributed by atoms with Crippen LogP contribution in [0.5, 0.6) is 5.75 Å². The van der Waals surface area contributed by atoms with E-state index in [1.165, 1.54) is 0 Å². The maximum absolute atomic E-state index is 13.3. The number of piperidine rings is 1. The maximum Gasteiger partial charge on any atom is 0.250 e. The number of ketones is 1. The zero-order chi connectivity index (χ0) is 19.6. The quantitative estimate of drug-likeness (QED) is 0.838. The van der Waals surface area contributed by atoms with Gasteiger partial charge in [0.25, 0.3) is 0 Å². The van der Waals surface area contributed by atoms with E-state index in [4.69, 9.17) is 4.74 Å². The predicted molar refractivity (Wildman–Crippen MR) is 106 cm³/mol. The summed E-state index contributed by atoms with van der Waals surface area (Å²) in [7, 11) is 0. The van der Waals surface area contributed by atoms with Crippen molar-refractivity contribution in [3.63, 3.8) is 0 Å². The summed E-state index contributed by atoms with van der Waals surface area (Å²) < 4.78 is 5.99. The molecule has 146 valence electrons. The molecule has 1 aliphatic carbocycles. The van der Waals surface area contributed by atoms with Gasteiger partial charge in [-0.2, -0.15) is 0 Å². The van der Waals surface area contributed by atoms with E-state index in [1.807, 2.05) is 36.4 Å². The number of carbonyl (C=O) groups excluding carboxylic acids is 1. The summed E-state index contributed by atoms with van der Waals surface area (Å²) in [5.41, 5.74) is 3.92. The molecule has 2 atom stereocenters. The molecule has 2 aliphatic heterocycles. The summed E-state index contributed by atoms with van der Waals surface area (Å²) >= 11 is 0. The summed E-state index contributed by atoms with van der Waals surface area (Å²) in [6.07, 6.45) is 1.21. The third kappa shape index (κ3) is 2.43. The number of ether oxygens (including phenoxy) is 1. The molecule has 2 heterocycles. The Morgan fingerprint density at radius 2 is 1.89 bits per heavy atom. The SMILES string of the molecule is CC(C)c1ccc2c(c1)OC1(O)c3ccc(N4CCC(O)CC4)cc3C(=O)C21. The van der Waals surface area contributed by atoms with E-state index in [1.54, 1.807) is 0 Å². The highest BCUT2D eigenvalue weighted by molar-refractivity contribution is 6.08. The Morgan fingerprint density at radius 3 is 2.61 bits per heavy atom. The zero-order valence-corrected chi connectivity index (χ0v) is 16.2. The van der Waals surface area contributed by atoms with E-state index in [2.05, 4.69) is 18.7 Å². The van der Waals surface area contributed by atoms with Crippen molar-refractivity contribution >= 4 is 11.5 Å². The molecule has 5 nitrogen and oxygen atoms in total. The number of hydrogen-bond acceptors (Lipinski definition) is 5. The fourth-order valence-corrected chi connectivity index (χ4v) is 4.73. The fraction of sp³-hybridized carbons (Fsp3) is 0.435. The predicted octanol–water partition coefficient (Wildman–Crippen LogP) is 3.29. The molecule has 0 aromatic heterocycles. The lowest BCUT2D eigenvalue weighted by Gasteiger charge is -2.32. The molecular weight excluding hydrogens is 354 g/mol. The van der Waals surface area contributed by atoms with Gasteiger partial charge in [-0.1, -0.05) is 26.0 Å². The number of nitrogens with zero attached hydrogens (tertiary/aromatic N) is 1. The van der Waals surface area contributed by atoms with E-state index in [9.17, 15) is 15.0 Å². The molecule has 0 saturated carbocycles. The molecular formula is C23H25NO4. The Balaban J connectivity index is 1.52. The molecule has 2 N–H and O–H groups in total. The van der Waals surface area contributed by atoms with Crippen molar-refractivity contribution in [2.24, 2.45) is 0 Å². The largest absolute Gasteiger partial charge is 0.457 e. The number of anilines is 1. The van der Waals surface area contributed by atoms with Crippen molar-refractivity contribution < 1.29 is 19.7 Å². The van der Waals surface area contributed by atoms with Crippen LogP contribution in [0.3, 0.4) is 0 Å². The van der Waals surface area contributed by atoms with Gasteiger partial charge >= 0.3 is 0 Å². The second-order valence-corrected chi connectivity index (χ2v) is 8.50. The van der Waals surface area contributed by atoms with Crippen molar-refractivity contribution in [2.75, 3.05) is 18.0 Å². The lowest BCUT2D eigenvalue weighted by atomic mass is 9.91. The van der Waals surface area contributed by atoms with Gasteiger partial charge in [-0.15, -0.1) is 0 Å². The molecule has 0 bridgehead atoms. The Hall–Kier alpha value is -2.37. The van der Waals surface area contributed by atoms with Crippen LogP contribution in [0.25, 0.3) is 0 Å². The van der Waals surface area contributed by atoms with E-state index in [-0.39, 0.29) is 11.9 Å². The molecule has 0 amide bonds. The highest BCUT2D eigenvalue weighted by atomic mass is 16.6. The minimum absolute atomic E-state index is 0.0903. The Kier molecular flexibility index (Phi) is 3.83. The van der Waals surface area contributed by atoms with Gasteiger partial charge in [0, 0.05) is 35.5 Å². The van der Waals surface area contributed by atoms with Crippen LogP contribution in [0.2, 0.25) is 0 Å². The molecule has 0 spiro atoms. The number of fused-ring (bicyclic) bond motifs is 5. The normalized spacial score (nSPS) is 26.2. The maximum atomic E-state index is 13.3. The molecule has 3 aliphatic rings. The third-order valence-corrected chi connectivity index (χ3v) is 6.42. The van der Waals surface area contributed by atoms with Gasteiger partial charge in [0.2, 0.25) is 5.79 Å². The van der Waals surface area contributed by atoms with Crippen molar-refractivity contribution in [1.29, 1.82) is 0 Å². The van der Waals surface area contributed by atoms with Gasteiger partial charge in [0.1, 0.15) is 11.7 Å². The highest BCUT2D eigenvalue weighted by Crippen LogP contribution is 2.56. The lowest BCUT2D eigenvalue weighted by Crippen LogP contribution is -2.36. The first-order chi connectivity index (χ1) is 13.4. The number of benzene rings is 2. The third-order valence-electron chi connectivity index (χ3n) is 6.42. The first kappa shape index (κ1) is 17.7. The molecule has 2 unspecified atom stereocenters. The highest BCUT2D eigenvalue weighted by Gasteiger charge is 2.59. The second-order valence-electron chi connectivity index (χ2n) is 8.50. The van der Waals surface area contributed by atoms with Gasteiger partial charge < -0.3 is 19.8 Å². The van der Waals surface area contributed by atoms with Crippen LogP contribution < -0.4 is 9.64 Å². The summed E-state index contributed by atoms with van der Waals surface area (Å²) in [5.74, 6) is -1.48. The van der Waals surface area contributed by atoms with Crippen LogP contribution in [0.4, 0.5) is 5.69 Å². The van der Waals surface area contributed by atoms with E-state index in [0.29, 0.717) is 22.8 Å². The Labute approximate surface area is 164 Å². The molecule has 2 aromatic carbocycles. The molecule has 2 aromatic rings. The average Bonchev–Trinajstić information content (AvgIpc) is 3.09. The number of aliphatic hydroxyl groups is 2. The molecule has 1 fully saturated rings. The number of aliphatic hydroxyl groups excluding tert-OH is 1.